The molecule has 1 aromatic heterocycles. The molecule has 0 fully saturated rings. The quantitative estimate of drug-likeness (QED) is 0.541. The number of aromatic nitrogens is 3. The molecule has 0 bridgehead atoms. The summed E-state index contributed by atoms with van der Waals surface area (Å²) in [6, 6.07) is 0. The van der Waals surface area contributed by atoms with Gasteiger partial charge in [0.15, 0.2) is 0 Å². The van der Waals surface area contributed by atoms with E-state index in [0.29, 0.717) is 25.5 Å². The average Bonchev–Trinajstić information content (AvgIpc) is 2.62. The van der Waals surface area contributed by atoms with Crippen molar-refractivity contribution in [2.24, 2.45) is 0 Å². The Balaban J connectivity index is 2.98. The molecular formula is C9H16FN3O3S. The second kappa shape index (κ2) is 6.06. The van der Waals surface area contributed by atoms with Gasteiger partial charge in [-0.05, 0) is 13.3 Å². The van der Waals surface area contributed by atoms with Gasteiger partial charge < -0.3 is 4.74 Å². The second-order valence-electron chi connectivity index (χ2n) is 3.44. The van der Waals surface area contributed by atoms with Crippen LogP contribution in [0, 0.1) is 0 Å². The predicted octanol–water partition coefficient (Wildman–Crippen LogP) is 0.925. The lowest BCUT2D eigenvalue weighted by Gasteiger charge is -2.07. The molecule has 6 nitrogen and oxygen atoms in total. The molecule has 1 rings (SSSR count). The molecule has 0 aliphatic heterocycles. The third-order valence-electron chi connectivity index (χ3n) is 2.15. The van der Waals surface area contributed by atoms with Crippen molar-refractivity contribution in [3.8, 4) is 0 Å². The first kappa shape index (κ1) is 14.0. The van der Waals surface area contributed by atoms with Gasteiger partial charge in [-0.15, -0.1) is 10.2 Å². The van der Waals surface area contributed by atoms with Gasteiger partial charge in [0.05, 0.1) is 13.2 Å². The van der Waals surface area contributed by atoms with Crippen molar-refractivity contribution in [2.45, 2.75) is 38.4 Å². The zero-order valence-corrected chi connectivity index (χ0v) is 10.7. The van der Waals surface area contributed by atoms with Crippen LogP contribution < -0.4 is 0 Å². The minimum atomic E-state index is -4.83. The molecule has 0 atom stereocenters. The van der Waals surface area contributed by atoms with Crippen LogP contribution in [0.4, 0.5) is 3.89 Å². The maximum absolute atomic E-state index is 13.0. The fourth-order valence-corrected chi connectivity index (χ4v) is 2.03. The van der Waals surface area contributed by atoms with Crippen LogP contribution >= 0.6 is 0 Å². The highest BCUT2D eigenvalue weighted by Crippen LogP contribution is 2.12. The number of nitrogens with zero attached hydrogens (tertiary/aromatic N) is 3. The monoisotopic (exact) mass is 265 g/mol. The SMILES string of the molecule is CCCc1nnc(S(=O)(=O)F)n1CCOCC. The maximum atomic E-state index is 13.0. The topological polar surface area (TPSA) is 74.1 Å². The molecule has 17 heavy (non-hydrogen) atoms. The van der Waals surface area contributed by atoms with Crippen LogP contribution in [0.2, 0.25) is 0 Å². The Bertz CT molecular complexity index is 458. The van der Waals surface area contributed by atoms with Gasteiger partial charge >= 0.3 is 10.2 Å². The van der Waals surface area contributed by atoms with Gasteiger partial charge in [-0.25, -0.2) is 0 Å². The molecule has 0 aliphatic carbocycles. The van der Waals surface area contributed by atoms with Crippen molar-refractivity contribution >= 4 is 10.2 Å². The van der Waals surface area contributed by atoms with Crippen LogP contribution in [-0.2, 0) is 27.9 Å². The Morgan fingerprint density at radius 3 is 2.59 bits per heavy atom. The molecule has 98 valence electrons. The van der Waals surface area contributed by atoms with Gasteiger partial charge in [0.25, 0.3) is 5.16 Å². The molecule has 0 saturated heterocycles. The number of aryl methyl sites for hydroxylation is 1. The lowest BCUT2D eigenvalue weighted by Crippen LogP contribution is -2.14. The van der Waals surface area contributed by atoms with Crippen LogP contribution in [0.1, 0.15) is 26.1 Å². The maximum Gasteiger partial charge on any atom is 0.368 e. The molecule has 0 saturated carbocycles. The Labute approximate surface area is 100 Å². The van der Waals surface area contributed by atoms with E-state index in [1.807, 2.05) is 13.8 Å². The van der Waals surface area contributed by atoms with Crippen molar-refractivity contribution in [1.82, 2.24) is 14.8 Å². The van der Waals surface area contributed by atoms with E-state index in [4.69, 9.17) is 4.74 Å². The summed E-state index contributed by atoms with van der Waals surface area (Å²) in [6.07, 6.45) is 1.33. The van der Waals surface area contributed by atoms with E-state index >= 15 is 0 Å². The molecule has 0 aliphatic rings. The third kappa shape index (κ3) is 3.74. The molecule has 1 heterocycles. The Hall–Kier alpha value is -1.02. The lowest BCUT2D eigenvalue weighted by atomic mass is 10.3. The molecule has 0 radical (unpaired) electrons. The fraction of sp³-hybridized carbons (Fsp3) is 0.778. The van der Waals surface area contributed by atoms with E-state index in [1.165, 1.54) is 4.57 Å². The van der Waals surface area contributed by atoms with Gasteiger partial charge in [0.2, 0.25) is 0 Å². The molecule has 1 aromatic rings. The number of hydrogen-bond acceptors (Lipinski definition) is 5. The van der Waals surface area contributed by atoms with Crippen molar-refractivity contribution in [3.63, 3.8) is 0 Å². The smallest absolute Gasteiger partial charge is 0.368 e. The van der Waals surface area contributed by atoms with Gasteiger partial charge in [-0.3, -0.25) is 4.57 Å². The first-order chi connectivity index (χ1) is 8.00. The van der Waals surface area contributed by atoms with E-state index in [0.717, 1.165) is 6.42 Å². The predicted molar refractivity (Wildman–Crippen MR) is 58.8 cm³/mol. The molecule has 0 aromatic carbocycles. The van der Waals surface area contributed by atoms with Crippen molar-refractivity contribution in [2.75, 3.05) is 13.2 Å². The van der Waals surface area contributed by atoms with Gasteiger partial charge in [0, 0.05) is 13.0 Å². The van der Waals surface area contributed by atoms with Crippen LogP contribution in [0.15, 0.2) is 5.16 Å². The first-order valence-electron chi connectivity index (χ1n) is 5.45. The standard InChI is InChI=1S/C9H16FN3O3S/c1-3-5-8-11-12-9(17(10,14)15)13(8)6-7-16-4-2/h3-7H2,1-2H3. The lowest BCUT2D eigenvalue weighted by molar-refractivity contribution is 0.136. The Morgan fingerprint density at radius 2 is 2.06 bits per heavy atom. The number of hydrogen-bond donors (Lipinski definition) is 0. The summed E-state index contributed by atoms with van der Waals surface area (Å²) >= 11 is 0. The summed E-state index contributed by atoms with van der Waals surface area (Å²) in [5.41, 5.74) is 0. The van der Waals surface area contributed by atoms with E-state index in [1.54, 1.807) is 0 Å². The van der Waals surface area contributed by atoms with Crippen molar-refractivity contribution < 1.29 is 17.0 Å². The van der Waals surface area contributed by atoms with Crippen molar-refractivity contribution in [1.29, 1.82) is 0 Å². The Kier molecular flexibility index (Phi) is 5.01. The van der Waals surface area contributed by atoms with Gasteiger partial charge in [-0.1, -0.05) is 10.8 Å². The van der Waals surface area contributed by atoms with E-state index in [-0.39, 0.29) is 6.54 Å². The minimum Gasteiger partial charge on any atom is -0.380 e. The van der Waals surface area contributed by atoms with E-state index in [9.17, 15) is 12.3 Å². The normalized spacial score (nSPS) is 11.9. The summed E-state index contributed by atoms with van der Waals surface area (Å²) in [6.45, 7) is 4.79. The van der Waals surface area contributed by atoms with Crippen LogP contribution in [0.5, 0.6) is 0 Å². The third-order valence-corrected chi connectivity index (χ3v) is 2.89. The second-order valence-corrected chi connectivity index (χ2v) is 4.68. The van der Waals surface area contributed by atoms with Gasteiger partial charge in [0.1, 0.15) is 5.82 Å². The van der Waals surface area contributed by atoms with Crippen molar-refractivity contribution in [3.05, 3.63) is 5.82 Å². The van der Waals surface area contributed by atoms with Gasteiger partial charge in [-0.2, -0.15) is 8.42 Å². The summed E-state index contributed by atoms with van der Waals surface area (Å²) < 4.78 is 41.1. The summed E-state index contributed by atoms with van der Waals surface area (Å²) in [5.74, 6) is 0.462. The Morgan fingerprint density at radius 1 is 1.35 bits per heavy atom. The largest absolute Gasteiger partial charge is 0.380 e. The molecule has 0 amide bonds. The molecule has 0 N–H and O–H groups in total. The summed E-state index contributed by atoms with van der Waals surface area (Å²) in [5, 5.41) is 6.43. The zero-order chi connectivity index (χ0) is 12.9. The number of ether oxygens (including phenoxy) is 1. The summed E-state index contributed by atoms with van der Waals surface area (Å²) in [4.78, 5) is 0. The minimum absolute atomic E-state index is 0.231. The molecule has 0 unspecified atom stereocenters. The highest BCUT2D eigenvalue weighted by Gasteiger charge is 2.23. The molecule has 8 heteroatoms. The first-order valence-corrected chi connectivity index (χ1v) is 6.83. The zero-order valence-electron chi connectivity index (χ0n) is 9.89. The van der Waals surface area contributed by atoms with Crippen LogP contribution in [0.25, 0.3) is 0 Å². The summed E-state index contributed by atoms with van der Waals surface area (Å²) in [7, 11) is -4.83. The van der Waals surface area contributed by atoms with Crippen LogP contribution in [-0.4, -0.2) is 36.4 Å². The highest BCUT2D eigenvalue weighted by molar-refractivity contribution is 7.86. The van der Waals surface area contributed by atoms with E-state index in [2.05, 4.69) is 10.2 Å². The number of halogens is 1. The molecule has 0 spiro atoms. The number of rotatable bonds is 7. The highest BCUT2D eigenvalue weighted by atomic mass is 32.3. The average molecular weight is 265 g/mol. The van der Waals surface area contributed by atoms with E-state index < -0.39 is 15.4 Å². The van der Waals surface area contributed by atoms with Crippen LogP contribution in [0.3, 0.4) is 0 Å². The molecular weight excluding hydrogens is 249 g/mol. The fourth-order valence-electron chi connectivity index (χ4n) is 1.43.